The summed E-state index contributed by atoms with van der Waals surface area (Å²) in [4.78, 5) is 16.9. The Labute approximate surface area is 154 Å². The maximum Gasteiger partial charge on any atom is 0.287 e. The molecule has 0 spiro atoms. The summed E-state index contributed by atoms with van der Waals surface area (Å²) in [7, 11) is 3.10. The normalized spacial score (nSPS) is 10.6. The van der Waals surface area contributed by atoms with Gasteiger partial charge in [-0.15, -0.1) is 0 Å². The van der Waals surface area contributed by atoms with Gasteiger partial charge >= 0.3 is 0 Å². The molecule has 3 aromatic rings. The van der Waals surface area contributed by atoms with Gasteiger partial charge in [0.1, 0.15) is 5.82 Å². The number of benzene rings is 2. The second kappa shape index (κ2) is 8.05. The number of halogens is 1. The van der Waals surface area contributed by atoms with Crippen LogP contribution in [0.25, 0.3) is 5.69 Å². The fourth-order valence-electron chi connectivity index (χ4n) is 2.40. The van der Waals surface area contributed by atoms with Gasteiger partial charge in [0.2, 0.25) is 0 Å². The Morgan fingerprint density at radius 3 is 2.50 bits per heavy atom. The number of thioether (sulfide) groups is 1. The van der Waals surface area contributed by atoms with Crippen LogP contribution in [0.15, 0.2) is 64.7 Å². The van der Waals surface area contributed by atoms with E-state index in [1.165, 1.54) is 28.5 Å². The predicted octanol–water partition coefficient (Wildman–Crippen LogP) is 3.68. The van der Waals surface area contributed by atoms with E-state index in [9.17, 15) is 9.18 Å². The van der Waals surface area contributed by atoms with E-state index < -0.39 is 0 Å². The third-order valence-electron chi connectivity index (χ3n) is 3.74. The van der Waals surface area contributed by atoms with E-state index >= 15 is 0 Å². The van der Waals surface area contributed by atoms with E-state index in [4.69, 9.17) is 9.47 Å². The molecular weight excluding hydrogens is 355 g/mol. The van der Waals surface area contributed by atoms with Gasteiger partial charge in [-0.1, -0.05) is 23.9 Å². The third-order valence-corrected chi connectivity index (χ3v) is 4.77. The Morgan fingerprint density at radius 1 is 1.08 bits per heavy atom. The van der Waals surface area contributed by atoms with Gasteiger partial charge in [0.05, 0.1) is 19.9 Å². The second-order valence-corrected chi connectivity index (χ2v) is 6.33. The monoisotopic (exact) mass is 372 g/mol. The van der Waals surface area contributed by atoms with Crippen LogP contribution in [0, 0.1) is 5.82 Å². The van der Waals surface area contributed by atoms with Gasteiger partial charge in [0.15, 0.2) is 16.5 Å². The number of hydrogen-bond acceptors (Lipinski definition) is 5. The first kappa shape index (κ1) is 18.0. The van der Waals surface area contributed by atoms with Gasteiger partial charge in [0.25, 0.3) is 5.56 Å². The van der Waals surface area contributed by atoms with Crippen molar-refractivity contribution in [3.05, 3.63) is 76.6 Å². The Balaban J connectivity index is 1.87. The molecule has 0 aliphatic carbocycles. The molecule has 5 nitrogen and oxygen atoms in total. The first-order valence-corrected chi connectivity index (χ1v) is 8.78. The van der Waals surface area contributed by atoms with Crippen LogP contribution in [-0.2, 0) is 5.75 Å². The average Bonchev–Trinajstić information content (AvgIpc) is 2.68. The van der Waals surface area contributed by atoms with E-state index in [1.54, 1.807) is 56.9 Å². The molecule has 0 unspecified atom stereocenters. The van der Waals surface area contributed by atoms with Crippen LogP contribution in [0.4, 0.5) is 4.39 Å². The van der Waals surface area contributed by atoms with Crippen molar-refractivity contribution >= 4 is 11.8 Å². The lowest BCUT2D eigenvalue weighted by Crippen LogP contribution is -2.20. The third kappa shape index (κ3) is 3.88. The molecular formula is C19H17FN2O3S. The highest BCUT2D eigenvalue weighted by Crippen LogP contribution is 2.28. The molecule has 0 atom stereocenters. The molecule has 26 heavy (non-hydrogen) atoms. The number of ether oxygens (including phenoxy) is 2. The van der Waals surface area contributed by atoms with E-state index in [0.29, 0.717) is 28.0 Å². The fraction of sp³-hybridized carbons (Fsp3) is 0.158. The van der Waals surface area contributed by atoms with Crippen molar-refractivity contribution in [3.8, 4) is 17.2 Å². The van der Waals surface area contributed by atoms with E-state index in [0.717, 1.165) is 5.56 Å². The first-order chi connectivity index (χ1) is 12.6. The zero-order valence-electron chi connectivity index (χ0n) is 14.3. The Morgan fingerprint density at radius 2 is 1.81 bits per heavy atom. The van der Waals surface area contributed by atoms with Crippen LogP contribution < -0.4 is 15.0 Å². The van der Waals surface area contributed by atoms with E-state index in [-0.39, 0.29) is 11.4 Å². The Hall–Kier alpha value is -2.80. The minimum atomic E-state index is -0.285. The Kier molecular flexibility index (Phi) is 5.58. The minimum Gasteiger partial charge on any atom is -0.493 e. The molecule has 0 saturated carbocycles. The molecule has 0 aliphatic rings. The smallest absolute Gasteiger partial charge is 0.287 e. The van der Waals surface area contributed by atoms with Crippen molar-refractivity contribution in [1.82, 2.24) is 9.55 Å². The highest BCUT2D eigenvalue weighted by molar-refractivity contribution is 7.98. The van der Waals surface area contributed by atoms with Crippen molar-refractivity contribution in [3.63, 3.8) is 0 Å². The van der Waals surface area contributed by atoms with Gasteiger partial charge in [-0.25, -0.2) is 9.37 Å². The van der Waals surface area contributed by atoms with Gasteiger partial charge in [-0.05, 0) is 29.8 Å². The average molecular weight is 372 g/mol. The summed E-state index contributed by atoms with van der Waals surface area (Å²) in [6.45, 7) is 0. The van der Waals surface area contributed by atoms with E-state index in [1.807, 2.05) is 0 Å². The van der Waals surface area contributed by atoms with E-state index in [2.05, 4.69) is 4.98 Å². The molecule has 3 rings (SSSR count). The van der Waals surface area contributed by atoms with Crippen molar-refractivity contribution in [1.29, 1.82) is 0 Å². The molecule has 134 valence electrons. The number of rotatable bonds is 6. The van der Waals surface area contributed by atoms with Gasteiger partial charge < -0.3 is 9.47 Å². The number of aromatic nitrogens is 2. The molecule has 0 fully saturated rings. The van der Waals surface area contributed by atoms with Crippen LogP contribution >= 0.6 is 11.8 Å². The highest BCUT2D eigenvalue weighted by atomic mass is 32.2. The number of hydrogen-bond donors (Lipinski definition) is 0. The zero-order chi connectivity index (χ0) is 18.5. The highest BCUT2D eigenvalue weighted by Gasteiger charge is 2.10. The van der Waals surface area contributed by atoms with Gasteiger partial charge in [-0.3, -0.25) is 9.36 Å². The van der Waals surface area contributed by atoms with Crippen molar-refractivity contribution in [2.24, 2.45) is 0 Å². The molecule has 1 heterocycles. The van der Waals surface area contributed by atoms with Crippen LogP contribution in [0.1, 0.15) is 5.56 Å². The maximum absolute atomic E-state index is 13.0. The maximum atomic E-state index is 13.0. The summed E-state index contributed by atoms with van der Waals surface area (Å²) in [6.07, 6.45) is 3.18. The van der Waals surface area contributed by atoms with Crippen molar-refractivity contribution < 1.29 is 13.9 Å². The molecule has 0 aliphatic heterocycles. The lowest BCUT2D eigenvalue weighted by Gasteiger charge is -2.11. The summed E-state index contributed by atoms with van der Waals surface area (Å²) in [5.74, 6) is 1.37. The van der Waals surface area contributed by atoms with Crippen molar-refractivity contribution in [2.45, 2.75) is 10.8 Å². The molecule has 1 aromatic heterocycles. The van der Waals surface area contributed by atoms with Crippen LogP contribution in [-0.4, -0.2) is 23.8 Å². The summed E-state index contributed by atoms with van der Waals surface area (Å²) in [5.41, 5.74) is 1.34. The quantitative estimate of drug-likeness (QED) is 0.618. The number of nitrogens with zero attached hydrogens (tertiary/aromatic N) is 2. The molecule has 0 bridgehead atoms. The largest absolute Gasteiger partial charge is 0.493 e. The van der Waals surface area contributed by atoms with Crippen LogP contribution in [0.2, 0.25) is 0 Å². The van der Waals surface area contributed by atoms with Gasteiger partial charge in [0, 0.05) is 24.2 Å². The van der Waals surface area contributed by atoms with Crippen molar-refractivity contribution in [2.75, 3.05) is 14.2 Å². The van der Waals surface area contributed by atoms with Crippen LogP contribution in [0.5, 0.6) is 11.5 Å². The standard InChI is InChI=1S/C19H17FN2O3S/c1-24-16-8-7-15(11-17(16)25-2)22-10-9-21-18(19(22)23)26-12-13-3-5-14(20)6-4-13/h3-11H,12H2,1-2H3. The first-order valence-electron chi connectivity index (χ1n) is 7.79. The predicted molar refractivity (Wildman–Crippen MR) is 98.9 cm³/mol. The molecule has 0 saturated heterocycles. The minimum absolute atomic E-state index is 0.230. The fourth-order valence-corrected chi connectivity index (χ4v) is 3.26. The summed E-state index contributed by atoms with van der Waals surface area (Å²) >= 11 is 1.31. The van der Waals surface area contributed by atoms with Gasteiger partial charge in [-0.2, -0.15) is 0 Å². The lowest BCUT2D eigenvalue weighted by atomic mass is 10.2. The molecule has 2 aromatic carbocycles. The molecule has 0 radical (unpaired) electrons. The van der Waals surface area contributed by atoms with Crippen LogP contribution in [0.3, 0.4) is 0 Å². The molecule has 0 amide bonds. The summed E-state index contributed by atoms with van der Waals surface area (Å²) in [5, 5.41) is 0.367. The Bertz CT molecular complexity index is 958. The molecule has 7 heteroatoms. The topological polar surface area (TPSA) is 53.4 Å². The molecule has 0 N–H and O–H groups in total. The summed E-state index contributed by atoms with van der Waals surface area (Å²) < 4.78 is 25.0. The zero-order valence-corrected chi connectivity index (χ0v) is 15.1. The second-order valence-electron chi connectivity index (χ2n) is 5.36. The number of methoxy groups -OCH3 is 2. The SMILES string of the molecule is COc1ccc(-n2ccnc(SCc3ccc(F)cc3)c2=O)cc1OC. The lowest BCUT2D eigenvalue weighted by molar-refractivity contribution is 0.355. The summed E-state index contributed by atoms with van der Waals surface area (Å²) in [6, 6.07) is 11.4.